The Hall–Kier alpha value is -0.950. The fraction of sp³-hybridized carbons (Fsp3) is 0.400. The van der Waals surface area contributed by atoms with Crippen LogP contribution in [-0.4, -0.2) is 55.0 Å². The number of carbonyl (C=O) groups is 1. The first-order chi connectivity index (χ1) is 10.8. The van der Waals surface area contributed by atoms with Crippen molar-refractivity contribution in [3.63, 3.8) is 0 Å². The van der Waals surface area contributed by atoms with Crippen molar-refractivity contribution in [2.24, 2.45) is 0 Å². The Balaban J connectivity index is 0.00000288. The van der Waals surface area contributed by atoms with Gasteiger partial charge in [0.1, 0.15) is 25.1 Å². The van der Waals surface area contributed by atoms with Gasteiger partial charge in [-0.15, -0.1) is 0 Å². The number of aliphatic hydroxyl groups excluding tert-OH is 1. The zero-order valence-electron chi connectivity index (χ0n) is 12.6. The van der Waals surface area contributed by atoms with E-state index in [4.69, 9.17) is 15.9 Å². The third kappa shape index (κ3) is 5.84. The van der Waals surface area contributed by atoms with Crippen molar-refractivity contribution in [3.8, 4) is 0 Å². The van der Waals surface area contributed by atoms with Crippen LogP contribution in [0.5, 0.6) is 0 Å². The van der Waals surface area contributed by atoms with Gasteiger partial charge in [0.2, 0.25) is 0 Å². The van der Waals surface area contributed by atoms with Crippen molar-refractivity contribution in [2.45, 2.75) is 12.8 Å². The third-order valence-corrected chi connectivity index (χ3v) is 3.45. The molecule has 2 rings (SSSR count). The Morgan fingerprint density at radius 2 is 2.08 bits per heavy atom. The molecule has 0 saturated heterocycles. The van der Waals surface area contributed by atoms with Crippen molar-refractivity contribution < 1.29 is 63.1 Å². The second kappa shape index (κ2) is 8.94. The minimum atomic E-state index is -4.81. The minimum Gasteiger partial charge on any atom is -0.756 e. The monoisotopic (exact) mass is 369 g/mol. The summed E-state index contributed by atoms with van der Waals surface area (Å²) >= 11 is 0. The number of aliphatic hydroxyl groups is 2. The number of hydrogen-bond donors (Lipinski definition) is 3. The summed E-state index contributed by atoms with van der Waals surface area (Å²) in [6.45, 7) is -1.94. The molecular formula is C10H13N5NaO7P. The van der Waals surface area contributed by atoms with Crippen LogP contribution in [0.4, 0.5) is 5.82 Å². The summed E-state index contributed by atoms with van der Waals surface area (Å²) in [5.41, 5.74) is 6.23. The van der Waals surface area contributed by atoms with Gasteiger partial charge in [-0.1, -0.05) is 0 Å². The minimum absolute atomic E-state index is 0. The second-order valence-corrected chi connectivity index (χ2v) is 5.75. The van der Waals surface area contributed by atoms with Crippen LogP contribution in [0, 0.1) is 0 Å². The van der Waals surface area contributed by atoms with Crippen molar-refractivity contribution in [3.05, 3.63) is 12.7 Å². The summed E-state index contributed by atoms with van der Waals surface area (Å²) in [5, 5.41) is 17.0. The predicted octanol–water partition coefficient (Wildman–Crippen LogP) is -5.21. The molecule has 0 spiro atoms. The quantitative estimate of drug-likeness (QED) is 0.229. The Morgan fingerprint density at radius 1 is 1.38 bits per heavy atom. The molecule has 0 bridgehead atoms. The molecule has 0 aliphatic carbocycles. The number of hydrogen-bond acceptors (Lipinski definition) is 11. The van der Waals surface area contributed by atoms with Gasteiger partial charge in [0.05, 0.1) is 12.9 Å². The van der Waals surface area contributed by atoms with Crippen LogP contribution in [-0.2, 0) is 25.0 Å². The van der Waals surface area contributed by atoms with Gasteiger partial charge < -0.3 is 34.5 Å². The van der Waals surface area contributed by atoms with E-state index in [2.05, 4.69) is 24.0 Å². The van der Waals surface area contributed by atoms with Crippen LogP contribution in [0.1, 0.15) is 0 Å². The van der Waals surface area contributed by atoms with Crippen LogP contribution >= 0.6 is 7.82 Å². The number of phosphoric acid groups is 1. The molecule has 0 aromatic carbocycles. The first kappa shape index (κ1) is 21.1. The maximum atomic E-state index is 11.8. The van der Waals surface area contributed by atoms with E-state index in [1.165, 1.54) is 17.2 Å². The number of nitrogens with two attached hydrogens (primary N) is 1. The summed E-state index contributed by atoms with van der Waals surface area (Å²) in [7, 11) is -4.81. The van der Waals surface area contributed by atoms with Crippen molar-refractivity contribution in [1.29, 1.82) is 0 Å². The van der Waals surface area contributed by atoms with E-state index in [1.807, 2.05) is 0 Å². The van der Waals surface area contributed by atoms with Crippen LogP contribution in [0.15, 0.2) is 12.7 Å². The predicted molar refractivity (Wildman–Crippen MR) is 72.5 cm³/mol. The molecule has 24 heavy (non-hydrogen) atoms. The Labute approximate surface area is 157 Å². The van der Waals surface area contributed by atoms with Crippen LogP contribution in [0.25, 0.3) is 11.2 Å². The van der Waals surface area contributed by atoms with Crippen molar-refractivity contribution >= 4 is 30.6 Å². The van der Waals surface area contributed by atoms with Gasteiger partial charge in [0.15, 0.2) is 23.5 Å². The number of nitrogen functional groups attached to an aromatic ring is 1. The number of ketones is 1. The molecule has 2 aromatic rings. The van der Waals surface area contributed by atoms with E-state index in [0.717, 1.165) is 0 Å². The zero-order chi connectivity index (χ0) is 17.0. The molecule has 0 radical (unpaired) electrons. The normalized spacial score (nSPS) is 13.7. The summed E-state index contributed by atoms with van der Waals surface area (Å²) in [6, 6.07) is 0. The molecule has 126 valence electrons. The number of rotatable bonds is 8. The van der Waals surface area contributed by atoms with E-state index in [1.54, 1.807) is 0 Å². The van der Waals surface area contributed by atoms with E-state index in [9.17, 15) is 14.3 Å². The molecule has 14 heteroatoms. The third-order valence-electron chi connectivity index (χ3n) is 2.54. The molecule has 1 atom stereocenters. The van der Waals surface area contributed by atoms with Crippen LogP contribution < -0.4 is 40.2 Å². The largest absolute Gasteiger partial charge is 1.00 e. The summed E-state index contributed by atoms with van der Waals surface area (Å²) in [5.74, 6) is -0.455. The van der Waals surface area contributed by atoms with Gasteiger partial charge in [0, 0.05) is 0 Å². The molecule has 0 saturated carbocycles. The number of anilines is 1. The standard InChI is InChI=1S/C10H14N5O7P.Na/c11-9-8-10(13-4-12-9)15(5-14-8)1-6(16)2-21-23(19,20)22-3-7(17)18;/h4-5,7,17-18H,1-3H2,(H,19,20)(H2,11,12,13);/q;+1/p-1. The van der Waals surface area contributed by atoms with Crippen molar-refractivity contribution in [2.75, 3.05) is 18.9 Å². The van der Waals surface area contributed by atoms with Crippen molar-refractivity contribution in [1.82, 2.24) is 19.5 Å². The molecule has 2 aromatic heterocycles. The zero-order valence-corrected chi connectivity index (χ0v) is 15.5. The topological polar surface area (TPSA) is 186 Å². The summed E-state index contributed by atoms with van der Waals surface area (Å²) < 4.78 is 21.1. The van der Waals surface area contributed by atoms with E-state index < -0.39 is 33.1 Å². The smallest absolute Gasteiger partial charge is 0.756 e. The molecule has 0 amide bonds. The number of phosphoric ester groups is 1. The van der Waals surface area contributed by atoms with Crippen LogP contribution in [0.3, 0.4) is 0 Å². The first-order valence-corrected chi connectivity index (χ1v) is 7.64. The Kier molecular flexibility index (Phi) is 7.86. The maximum Gasteiger partial charge on any atom is 1.00 e. The number of Topliss-reactive ketones (excluding diaryl/α,β-unsaturated/α-hetero) is 1. The average molecular weight is 369 g/mol. The second-order valence-electron chi connectivity index (χ2n) is 4.34. The van der Waals surface area contributed by atoms with Gasteiger partial charge in [-0.05, 0) is 0 Å². The number of fused-ring (bicyclic) bond motifs is 1. The molecular weight excluding hydrogens is 356 g/mol. The fourth-order valence-corrected chi connectivity index (χ4v) is 2.29. The molecule has 12 nitrogen and oxygen atoms in total. The van der Waals surface area contributed by atoms with E-state index in [0.29, 0.717) is 11.2 Å². The molecule has 0 aliphatic heterocycles. The first-order valence-electron chi connectivity index (χ1n) is 6.18. The number of carbonyl (C=O) groups excluding carboxylic acids is 1. The Morgan fingerprint density at radius 3 is 2.75 bits per heavy atom. The molecule has 2 heterocycles. The molecule has 0 aliphatic rings. The van der Waals surface area contributed by atoms with E-state index >= 15 is 0 Å². The van der Waals surface area contributed by atoms with Gasteiger partial charge >= 0.3 is 29.6 Å². The van der Waals surface area contributed by atoms with Gasteiger partial charge in [0.25, 0.3) is 7.82 Å². The molecule has 4 N–H and O–H groups in total. The SMILES string of the molecule is Nc1ncnc2c1ncn2CC(=O)COP(=O)([O-])OCC(O)O.[Na+]. The van der Waals surface area contributed by atoms with Gasteiger partial charge in [-0.2, -0.15) is 0 Å². The maximum absolute atomic E-state index is 11.8. The van der Waals surface area contributed by atoms with Gasteiger partial charge in [-0.3, -0.25) is 9.36 Å². The molecule has 0 fully saturated rings. The number of imidazole rings is 1. The fourth-order valence-electron chi connectivity index (χ4n) is 1.60. The average Bonchev–Trinajstić information content (AvgIpc) is 2.88. The Bertz CT molecular complexity index is 754. The van der Waals surface area contributed by atoms with Crippen LogP contribution in [0.2, 0.25) is 0 Å². The number of aromatic nitrogens is 4. The summed E-state index contributed by atoms with van der Waals surface area (Å²) in [4.78, 5) is 34.6. The molecule has 1 unspecified atom stereocenters. The van der Waals surface area contributed by atoms with E-state index in [-0.39, 0.29) is 41.9 Å². The van der Waals surface area contributed by atoms with Gasteiger partial charge in [-0.25, -0.2) is 15.0 Å². The number of nitrogens with zero attached hydrogens (tertiary/aromatic N) is 4. The summed E-state index contributed by atoms with van der Waals surface area (Å²) in [6.07, 6.45) is 0.540.